The molecule has 0 aromatic heterocycles. The molecule has 1 rings (SSSR count). The Morgan fingerprint density at radius 3 is 2.26 bits per heavy atom. The summed E-state index contributed by atoms with van der Waals surface area (Å²) in [6, 6.07) is 6.12. The largest absolute Gasteiger partial charge is 0.493 e. The monoisotopic (exact) mass is 267 g/mol. The molecule has 0 radical (unpaired) electrons. The molecule has 0 aliphatic carbocycles. The van der Waals surface area contributed by atoms with Crippen LogP contribution in [0.15, 0.2) is 18.2 Å². The number of methoxy groups -OCH3 is 3. The Kier molecular flexibility index (Phi) is 5.48. The first-order valence-electron chi connectivity index (χ1n) is 6.45. The molecule has 1 N–H and O–H groups in total. The molecule has 0 saturated heterocycles. The highest BCUT2D eigenvalue weighted by Crippen LogP contribution is 2.30. The quantitative estimate of drug-likeness (QED) is 0.822. The molecule has 0 aliphatic heterocycles. The van der Waals surface area contributed by atoms with Gasteiger partial charge in [-0.3, -0.25) is 0 Å². The summed E-state index contributed by atoms with van der Waals surface area (Å²) in [4.78, 5) is 0. The molecule has 0 fully saturated rings. The molecule has 19 heavy (non-hydrogen) atoms. The molecule has 108 valence electrons. The number of hydrogen-bond acceptors (Lipinski definition) is 4. The van der Waals surface area contributed by atoms with Crippen molar-refractivity contribution < 1.29 is 14.2 Å². The normalized spacial score (nSPS) is 12.9. The van der Waals surface area contributed by atoms with Crippen LogP contribution in [0.1, 0.15) is 27.2 Å². The zero-order valence-electron chi connectivity index (χ0n) is 12.7. The van der Waals surface area contributed by atoms with E-state index in [-0.39, 0.29) is 5.60 Å². The Balaban J connectivity index is 2.72. The van der Waals surface area contributed by atoms with E-state index in [1.807, 2.05) is 18.2 Å². The second kappa shape index (κ2) is 6.66. The minimum atomic E-state index is -0.136. The van der Waals surface area contributed by atoms with Crippen molar-refractivity contribution >= 4 is 5.69 Å². The van der Waals surface area contributed by atoms with E-state index in [9.17, 15) is 0 Å². The van der Waals surface area contributed by atoms with Gasteiger partial charge in [0.15, 0.2) is 11.5 Å². The summed E-state index contributed by atoms with van der Waals surface area (Å²) in [7, 11) is 5.01. The van der Waals surface area contributed by atoms with Crippen molar-refractivity contribution in [2.75, 3.05) is 26.6 Å². The lowest BCUT2D eigenvalue weighted by Gasteiger charge is -2.27. The summed E-state index contributed by atoms with van der Waals surface area (Å²) in [5.41, 5.74) is 0.875. The fraction of sp³-hybridized carbons (Fsp3) is 0.600. The van der Waals surface area contributed by atoms with Gasteiger partial charge in [0.1, 0.15) is 0 Å². The van der Waals surface area contributed by atoms with Crippen molar-refractivity contribution in [3.8, 4) is 11.5 Å². The van der Waals surface area contributed by atoms with Gasteiger partial charge in [0.25, 0.3) is 0 Å². The van der Waals surface area contributed by atoms with Crippen LogP contribution in [0.25, 0.3) is 0 Å². The number of rotatable bonds is 7. The average molecular weight is 267 g/mol. The van der Waals surface area contributed by atoms with Gasteiger partial charge in [-0.1, -0.05) is 0 Å². The molecular weight excluding hydrogens is 242 g/mol. The number of hydrogen-bond donors (Lipinski definition) is 1. The molecule has 0 saturated carbocycles. The molecular formula is C15H25NO3. The van der Waals surface area contributed by atoms with E-state index in [1.165, 1.54) is 0 Å². The molecule has 1 aromatic rings. The fourth-order valence-electron chi connectivity index (χ4n) is 2.08. The third kappa shape index (κ3) is 4.63. The summed E-state index contributed by atoms with van der Waals surface area (Å²) in [5, 5.41) is 3.44. The standard InChI is InChI=1S/C15H25NO3/c1-11(10-15(2,3)19-6)16-12-7-8-13(17-4)14(9-12)18-5/h7-9,11,16H,10H2,1-6H3. The summed E-state index contributed by atoms with van der Waals surface area (Å²) >= 11 is 0. The van der Waals surface area contributed by atoms with E-state index in [0.717, 1.165) is 23.6 Å². The van der Waals surface area contributed by atoms with Crippen molar-refractivity contribution in [2.45, 2.75) is 38.8 Å². The zero-order chi connectivity index (χ0) is 14.5. The zero-order valence-corrected chi connectivity index (χ0v) is 12.7. The second-order valence-corrected chi connectivity index (χ2v) is 5.28. The van der Waals surface area contributed by atoms with E-state index in [0.29, 0.717) is 6.04 Å². The molecule has 4 nitrogen and oxygen atoms in total. The second-order valence-electron chi connectivity index (χ2n) is 5.28. The molecule has 0 bridgehead atoms. The summed E-state index contributed by atoms with van der Waals surface area (Å²) in [5.74, 6) is 1.46. The van der Waals surface area contributed by atoms with Gasteiger partial charge < -0.3 is 19.5 Å². The van der Waals surface area contributed by atoms with Crippen molar-refractivity contribution in [1.82, 2.24) is 0 Å². The van der Waals surface area contributed by atoms with Crippen LogP contribution >= 0.6 is 0 Å². The first-order chi connectivity index (χ1) is 8.91. The molecule has 0 heterocycles. The van der Waals surface area contributed by atoms with Crippen LogP contribution in [0.5, 0.6) is 11.5 Å². The maximum absolute atomic E-state index is 5.44. The highest BCUT2D eigenvalue weighted by molar-refractivity contribution is 5.55. The minimum Gasteiger partial charge on any atom is -0.493 e. The van der Waals surface area contributed by atoms with Gasteiger partial charge in [-0.05, 0) is 39.3 Å². The molecule has 0 aliphatic rings. The van der Waals surface area contributed by atoms with E-state index in [1.54, 1.807) is 21.3 Å². The Morgan fingerprint density at radius 2 is 1.74 bits per heavy atom. The third-order valence-corrected chi connectivity index (χ3v) is 3.15. The Hall–Kier alpha value is -1.42. The molecule has 4 heteroatoms. The summed E-state index contributed by atoms with van der Waals surface area (Å²) in [6.07, 6.45) is 0.915. The SMILES string of the molecule is COc1ccc(NC(C)CC(C)(C)OC)cc1OC. The molecule has 1 atom stereocenters. The highest BCUT2D eigenvalue weighted by Gasteiger charge is 2.20. The summed E-state index contributed by atoms with van der Waals surface area (Å²) < 4.78 is 16.0. The van der Waals surface area contributed by atoms with Crippen LogP contribution in [0, 0.1) is 0 Å². The Morgan fingerprint density at radius 1 is 1.11 bits per heavy atom. The number of benzene rings is 1. The lowest BCUT2D eigenvalue weighted by Crippen LogP contribution is -2.31. The van der Waals surface area contributed by atoms with Crippen molar-refractivity contribution in [3.63, 3.8) is 0 Å². The predicted molar refractivity (Wildman–Crippen MR) is 78.3 cm³/mol. The first kappa shape index (κ1) is 15.6. The fourth-order valence-corrected chi connectivity index (χ4v) is 2.08. The highest BCUT2D eigenvalue weighted by atomic mass is 16.5. The van der Waals surface area contributed by atoms with Gasteiger partial charge >= 0.3 is 0 Å². The van der Waals surface area contributed by atoms with Crippen LogP contribution in [0.4, 0.5) is 5.69 Å². The van der Waals surface area contributed by atoms with Crippen molar-refractivity contribution in [3.05, 3.63) is 18.2 Å². The molecule has 0 amide bonds. The first-order valence-corrected chi connectivity index (χ1v) is 6.45. The van der Waals surface area contributed by atoms with Crippen molar-refractivity contribution in [1.29, 1.82) is 0 Å². The van der Waals surface area contributed by atoms with E-state index < -0.39 is 0 Å². The van der Waals surface area contributed by atoms with E-state index >= 15 is 0 Å². The minimum absolute atomic E-state index is 0.136. The van der Waals surface area contributed by atoms with Crippen molar-refractivity contribution in [2.24, 2.45) is 0 Å². The van der Waals surface area contributed by atoms with Crippen LogP contribution < -0.4 is 14.8 Å². The molecule has 1 unspecified atom stereocenters. The lowest BCUT2D eigenvalue weighted by atomic mass is 9.99. The number of anilines is 1. The maximum atomic E-state index is 5.44. The van der Waals surface area contributed by atoms with Gasteiger partial charge in [-0.15, -0.1) is 0 Å². The van der Waals surface area contributed by atoms with Crippen LogP contribution in [-0.2, 0) is 4.74 Å². The van der Waals surface area contributed by atoms with Crippen LogP contribution in [0.3, 0.4) is 0 Å². The Bertz CT molecular complexity index is 404. The topological polar surface area (TPSA) is 39.7 Å². The maximum Gasteiger partial charge on any atom is 0.162 e. The smallest absolute Gasteiger partial charge is 0.162 e. The van der Waals surface area contributed by atoms with Gasteiger partial charge in [0.05, 0.1) is 19.8 Å². The predicted octanol–water partition coefficient (Wildman–Crippen LogP) is 3.32. The number of ether oxygens (including phenoxy) is 3. The lowest BCUT2D eigenvalue weighted by molar-refractivity contribution is 0.0128. The van der Waals surface area contributed by atoms with E-state index in [4.69, 9.17) is 14.2 Å². The summed E-state index contributed by atoms with van der Waals surface area (Å²) in [6.45, 7) is 6.30. The average Bonchev–Trinajstić information content (AvgIpc) is 2.37. The van der Waals surface area contributed by atoms with Crippen LogP contribution in [0.2, 0.25) is 0 Å². The Labute approximate surface area is 116 Å². The third-order valence-electron chi connectivity index (χ3n) is 3.15. The van der Waals surface area contributed by atoms with Gasteiger partial charge in [0, 0.05) is 24.9 Å². The molecule has 1 aromatic carbocycles. The number of nitrogens with one attached hydrogen (secondary N) is 1. The van der Waals surface area contributed by atoms with Gasteiger partial charge in [-0.25, -0.2) is 0 Å². The van der Waals surface area contributed by atoms with E-state index in [2.05, 4.69) is 26.1 Å². The van der Waals surface area contributed by atoms with Gasteiger partial charge in [-0.2, -0.15) is 0 Å². The van der Waals surface area contributed by atoms with Gasteiger partial charge in [0.2, 0.25) is 0 Å². The van der Waals surface area contributed by atoms with Crippen LogP contribution in [-0.4, -0.2) is 33.0 Å². The molecule has 0 spiro atoms.